The van der Waals surface area contributed by atoms with Gasteiger partial charge in [0.15, 0.2) is 4.34 Å². The van der Waals surface area contributed by atoms with E-state index in [2.05, 4.69) is 15.0 Å². The summed E-state index contributed by atoms with van der Waals surface area (Å²) < 4.78 is 6.14. The third-order valence-electron chi connectivity index (χ3n) is 4.40. The molecule has 0 amide bonds. The molecule has 0 saturated heterocycles. The Morgan fingerprint density at radius 1 is 1.03 bits per heavy atom. The Kier molecular flexibility index (Phi) is 4.49. The van der Waals surface area contributed by atoms with E-state index in [4.69, 9.17) is 4.42 Å². The topological polar surface area (TPSA) is 88.8 Å². The van der Waals surface area contributed by atoms with Gasteiger partial charge in [-0.05, 0) is 24.3 Å². The summed E-state index contributed by atoms with van der Waals surface area (Å²) in [7, 11) is 0. The first-order valence-electron chi connectivity index (χ1n) is 8.77. The van der Waals surface area contributed by atoms with E-state index in [0.717, 1.165) is 15.2 Å². The van der Waals surface area contributed by atoms with Crippen LogP contribution in [-0.2, 0) is 5.75 Å². The summed E-state index contributed by atoms with van der Waals surface area (Å²) in [6.45, 7) is 0. The minimum Gasteiger partial charge on any atom is -0.422 e. The zero-order valence-corrected chi connectivity index (χ0v) is 16.5. The number of aromatic nitrogens is 3. The van der Waals surface area contributed by atoms with Crippen LogP contribution in [0.2, 0.25) is 0 Å². The number of nitrogens with zero attached hydrogens (tertiary/aromatic N) is 2. The quantitative estimate of drug-likeness (QED) is 0.342. The lowest BCUT2D eigenvalue weighted by molar-refractivity contribution is 0.563. The molecule has 29 heavy (non-hydrogen) atoms. The van der Waals surface area contributed by atoms with Crippen molar-refractivity contribution in [2.45, 2.75) is 10.1 Å². The Morgan fingerprint density at radius 2 is 1.86 bits per heavy atom. The second kappa shape index (κ2) is 7.31. The second-order valence-electron chi connectivity index (χ2n) is 6.30. The van der Waals surface area contributed by atoms with E-state index in [1.54, 1.807) is 12.1 Å². The van der Waals surface area contributed by atoms with Crippen LogP contribution in [0.25, 0.3) is 33.3 Å². The predicted molar refractivity (Wildman–Crippen MR) is 116 cm³/mol. The van der Waals surface area contributed by atoms with Gasteiger partial charge in [0.1, 0.15) is 11.3 Å². The normalized spacial score (nSPS) is 11.3. The highest BCUT2D eigenvalue weighted by atomic mass is 32.2. The molecule has 0 bridgehead atoms. The maximum atomic E-state index is 12.3. The number of thiazole rings is 1. The van der Waals surface area contributed by atoms with Crippen LogP contribution in [0.3, 0.4) is 0 Å². The zero-order valence-electron chi connectivity index (χ0n) is 14.9. The summed E-state index contributed by atoms with van der Waals surface area (Å²) in [5.41, 5.74) is 2.82. The molecule has 3 aromatic heterocycles. The monoisotopic (exact) mass is 419 g/mol. The Morgan fingerprint density at radius 3 is 2.79 bits per heavy atom. The molecule has 0 fully saturated rings. The molecular formula is C21H13N3O3S2. The molecule has 0 spiro atoms. The maximum absolute atomic E-state index is 12.3. The van der Waals surface area contributed by atoms with Gasteiger partial charge in [-0.2, -0.15) is 0 Å². The summed E-state index contributed by atoms with van der Waals surface area (Å²) in [6.07, 6.45) is 0. The standard InChI is InChI=1S/C21H13N3O3S2/c25-19-17(22-14-6-2-3-7-15(14)23-19)11-29-21-24-16(10-28-21)13-9-12-5-1-4-8-18(12)27-20(13)26/h1-10H,11H2,(H,23,25). The van der Waals surface area contributed by atoms with Gasteiger partial charge in [-0.25, -0.2) is 14.8 Å². The first kappa shape index (κ1) is 17.8. The van der Waals surface area contributed by atoms with E-state index >= 15 is 0 Å². The molecule has 0 unspecified atom stereocenters. The van der Waals surface area contributed by atoms with Crippen molar-refractivity contribution in [3.8, 4) is 11.3 Å². The lowest BCUT2D eigenvalue weighted by Crippen LogP contribution is -2.14. The van der Waals surface area contributed by atoms with Gasteiger partial charge in [-0.1, -0.05) is 42.1 Å². The summed E-state index contributed by atoms with van der Waals surface area (Å²) in [5.74, 6) is 0.388. The highest BCUT2D eigenvalue weighted by Gasteiger charge is 2.13. The van der Waals surface area contributed by atoms with Crippen molar-refractivity contribution in [1.29, 1.82) is 0 Å². The predicted octanol–water partition coefficient (Wildman–Crippen LogP) is 4.45. The molecule has 0 radical (unpaired) electrons. The summed E-state index contributed by atoms with van der Waals surface area (Å²) >= 11 is 2.83. The van der Waals surface area contributed by atoms with Gasteiger partial charge in [-0.15, -0.1) is 11.3 Å². The van der Waals surface area contributed by atoms with E-state index in [9.17, 15) is 9.59 Å². The van der Waals surface area contributed by atoms with Crippen molar-refractivity contribution < 1.29 is 4.42 Å². The van der Waals surface area contributed by atoms with Crippen molar-refractivity contribution in [3.05, 3.63) is 86.4 Å². The van der Waals surface area contributed by atoms with Crippen LogP contribution in [0.15, 0.2) is 78.3 Å². The van der Waals surface area contributed by atoms with Gasteiger partial charge < -0.3 is 9.40 Å². The molecule has 2 aromatic carbocycles. The van der Waals surface area contributed by atoms with Crippen molar-refractivity contribution in [3.63, 3.8) is 0 Å². The highest BCUT2D eigenvalue weighted by Crippen LogP contribution is 2.29. The average molecular weight is 419 g/mol. The van der Waals surface area contributed by atoms with Crippen molar-refractivity contribution in [2.75, 3.05) is 0 Å². The maximum Gasteiger partial charge on any atom is 0.345 e. The van der Waals surface area contributed by atoms with Crippen LogP contribution >= 0.6 is 23.1 Å². The number of H-pyrrole nitrogens is 1. The average Bonchev–Trinajstić information content (AvgIpc) is 3.20. The fraction of sp³-hybridized carbons (Fsp3) is 0.0476. The molecule has 8 heteroatoms. The smallest absolute Gasteiger partial charge is 0.345 e. The van der Waals surface area contributed by atoms with Gasteiger partial charge in [0.05, 0.1) is 22.3 Å². The van der Waals surface area contributed by atoms with E-state index in [1.807, 2.05) is 47.8 Å². The molecule has 0 aliphatic rings. The van der Waals surface area contributed by atoms with E-state index in [0.29, 0.717) is 33.8 Å². The number of hydrogen-bond acceptors (Lipinski definition) is 7. The number of para-hydroxylation sites is 3. The Hall–Kier alpha value is -3.23. The van der Waals surface area contributed by atoms with Crippen molar-refractivity contribution >= 4 is 45.1 Å². The van der Waals surface area contributed by atoms with E-state index < -0.39 is 5.63 Å². The Balaban J connectivity index is 1.41. The van der Waals surface area contributed by atoms with Crippen LogP contribution in [0, 0.1) is 0 Å². The van der Waals surface area contributed by atoms with Crippen LogP contribution < -0.4 is 11.2 Å². The van der Waals surface area contributed by atoms with Gasteiger partial charge in [-0.3, -0.25) is 4.79 Å². The number of rotatable bonds is 4. The largest absolute Gasteiger partial charge is 0.422 e. The minimum atomic E-state index is -0.418. The number of fused-ring (bicyclic) bond motifs is 2. The van der Waals surface area contributed by atoms with Crippen LogP contribution in [0.4, 0.5) is 0 Å². The van der Waals surface area contributed by atoms with Crippen molar-refractivity contribution in [1.82, 2.24) is 15.0 Å². The van der Waals surface area contributed by atoms with Crippen LogP contribution in [-0.4, -0.2) is 15.0 Å². The van der Waals surface area contributed by atoms with Crippen LogP contribution in [0.5, 0.6) is 0 Å². The lowest BCUT2D eigenvalue weighted by atomic mass is 10.1. The number of hydrogen-bond donors (Lipinski definition) is 1. The third kappa shape index (κ3) is 3.48. The van der Waals surface area contributed by atoms with Gasteiger partial charge in [0, 0.05) is 16.5 Å². The number of nitrogens with one attached hydrogen (secondary N) is 1. The number of benzene rings is 2. The van der Waals surface area contributed by atoms with Crippen molar-refractivity contribution in [2.24, 2.45) is 0 Å². The SMILES string of the molecule is O=c1[nH]c2ccccc2nc1CSc1nc(-c2cc3ccccc3oc2=O)cs1. The molecule has 1 N–H and O–H groups in total. The Bertz CT molecular complexity index is 1470. The third-order valence-corrected chi connectivity index (χ3v) is 6.43. The lowest BCUT2D eigenvalue weighted by Gasteiger charge is -2.01. The highest BCUT2D eigenvalue weighted by molar-refractivity contribution is 8.00. The van der Waals surface area contributed by atoms with Crippen LogP contribution in [0.1, 0.15) is 5.69 Å². The van der Waals surface area contributed by atoms with Gasteiger partial charge in [0.25, 0.3) is 5.56 Å². The first-order valence-corrected chi connectivity index (χ1v) is 10.6. The fourth-order valence-corrected chi connectivity index (χ4v) is 4.74. The Labute approximate surface area is 172 Å². The molecule has 0 saturated carbocycles. The number of aromatic amines is 1. The molecule has 0 aliphatic carbocycles. The fourth-order valence-electron chi connectivity index (χ4n) is 2.98. The molecular weight excluding hydrogens is 406 g/mol. The minimum absolute atomic E-state index is 0.205. The molecule has 0 aliphatic heterocycles. The van der Waals surface area contributed by atoms with E-state index in [1.165, 1.54) is 23.1 Å². The molecule has 5 rings (SSSR count). The molecule has 3 heterocycles. The van der Waals surface area contributed by atoms with E-state index in [-0.39, 0.29) is 5.56 Å². The second-order valence-corrected chi connectivity index (χ2v) is 8.38. The van der Waals surface area contributed by atoms with Gasteiger partial charge in [0.2, 0.25) is 0 Å². The molecule has 6 nitrogen and oxygen atoms in total. The number of thioether (sulfide) groups is 1. The van der Waals surface area contributed by atoms with Gasteiger partial charge >= 0.3 is 5.63 Å². The summed E-state index contributed by atoms with van der Waals surface area (Å²) in [6, 6.07) is 16.6. The summed E-state index contributed by atoms with van der Waals surface area (Å²) in [4.78, 5) is 36.4. The summed E-state index contributed by atoms with van der Waals surface area (Å²) in [5, 5.41) is 2.66. The molecule has 5 aromatic rings. The zero-order chi connectivity index (χ0) is 19.8. The molecule has 142 valence electrons. The molecule has 0 atom stereocenters. The first-order chi connectivity index (χ1) is 14.2.